The zero-order chi connectivity index (χ0) is 23.7. The predicted molar refractivity (Wildman–Crippen MR) is 125 cm³/mol. The van der Waals surface area contributed by atoms with Gasteiger partial charge < -0.3 is 20.1 Å². The van der Waals surface area contributed by atoms with Gasteiger partial charge in [0, 0.05) is 13.0 Å². The molecule has 2 N–H and O–H groups in total. The van der Waals surface area contributed by atoms with Crippen molar-refractivity contribution in [3.05, 3.63) is 94.8 Å². The molecule has 1 fully saturated rings. The van der Waals surface area contributed by atoms with Crippen LogP contribution in [0.4, 0.5) is 10.1 Å². The maximum atomic E-state index is 14.5. The van der Waals surface area contributed by atoms with Gasteiger partial charge in [-0.1, -0.05) is 30.3 Å². The van der Waals surface area contributed by atoms with E-state index in [9.17, 15) is 19.1 Å². The zero-order valence-electron chi connectivity index (χ0n) is 18.5. The first-order chi connectivity index (χ1) is 16.5. The van der Waals surface area contributed by atoms with Crippen molar-refractivity contribution in [3.63, 3.8) is 0 Å². The highest BCUT2D eigenvalue weighted by Crippen LogP contribution is 2.37. The molecule has 7 heteroatoms. The third kappa shape index (κ3) is 4.21. The third-order valence-electron chi connectivity index (χ3n) is 6.55. The Kier molecular flexibility index (Phi) is 5.92. The average Bonchev–Trinajstić information content (AvgIpc) is 3.52. The number of fused-ring (bicyclic) bond motifs is 1. The lowest BCUT2D eigenvalue weighted by molar-refractivity contribution is -0.133. The van der Waals surface area contributed by atoms with Crippen LogP contribution >= 0.6 is 0 Å². The number of likely N-dealkylation sites (tertiary alicyclic amines) is 1. The molecule has 0 saturated carbocycles. The van der Waals surface area contributed by atoms with Crippen LogP contribution in [0, 0.1) is 5.82 Å². The first-order valence-corrected chi connectivity index (χ1v) is 11.4. The number of ether oxygens (including phenoxy) is 1. The summed E-state index contributed by atoms with van der Waals surface area (Å²) >= 11 is 0. The Morgan fingerprint density at radius 2 is 1.88 bits per heavy atom. The first-order valence-electron chi connectivity index (χ1n) is 11.4. The molecule has 2 heterocycles. The van der Waals surface area contributed by atoms with Crippen LogP contribution in [-0.4, -0.2) is 35.0 Å². The summed E-state index contributed by atoms with van der Waals surface area (Å²) in [5.41, 5.74) is 3.15. The number of amides is 1. The molecule has 0 spiro atoms. The second kappa shape index (κ2) is 9.17. The quantitative estimate of drug-likeness (QED) is 0.543. The number of hydrogen-bond acceptors (Lipinski definition) is 4. The van der Waals surface area contributed by atoms with Crippen molar-refractivity contribution in [1.82, 2.24) is 4.90 Å². The highest BCUT2D eigenvalue weighted by Gasteiger charge is 2.35. The molecule has 2 aliphatic heterocycles. The van der Waals surface area contributed by atoms with Crippen molar-refractivity contribution < 1.29 is 23.8 Å². The molecule has 2 aliphatic rings. The number of carbonyl (C=O) groups is 2. The first kappa shape index (κ1) is 21.9. The number of rotatable bonds is 6. The molecular formula is C27H25FN2O4. The molecule has 0 radical (unpaired) electrons. The van der Waals surface area contributed by atoms with Crippen LogP contribution in [0.2, 0.25) is 0 Å². The minimum absolute atomic E-state index is 0.146. The van der Waals surface area contributed by atoms with Crippen LogP contribution in [0.1, 0.15) is 52.0 Å². The van der Waals surface area contributed by atoms with Crippen LogP contribution in [0.5, 0.6) is 5.75 Å². The molecule has 0 bridgehead atoms. The number of nitrogens with zero attached hydrogens (tertiary/aromatic N) is 1. The van der Waals surface area contributed by atoms with Gasteiger partial charge in [-0.2, -0.15) is 0 Å². The third-order valence-corrected chi connectivity index (χ3v) is 6.55. The van der Waals surface area contributed by atoms with Crippen molar-refractivity contribution in [2.24, 2.45) is 0 Å². The highest BCUT2D eigenvalue weighted by atomic mass is 19.1. The van der Waals surface area contributed by atoms with Crippen LogP contribution in [0.25, 0.3) is 0 Å². The summed E-state index contributed by atoms with van der Waals surface area (Å²) in [7, 11) is 0. The van der Waals surface area contributed by atoms with E-state index >= 15 is 0 Å². The molecule has 3 aromatic rings. The number of aromatic carboxylic acids is 1. The molecule has 2 atom stereocenters. The number of anilines is 1. The van der Waals surface area contributed by atoms with Crippen molar-refractivity contribution in [2.45, 2.75) is 31.3 Å². The second-order valence-electron chi connectivity index (χ2n) is 8.64. The summed E-state index contributed by atoms with van der Waals surface area (Å²) in [6, 6.07) is 17.7. The number of nitrogens with one attached hydrogen (secondary N) is 1. The van der Waals surface area contributed by atoms with Gasteiger partial charge in [-0.25, -0.2) is 9.18 Å². The lowest BCUT2D eigenvalue weighted by Crippen LogP contribution is -2.37. The van der Waals surface area contributed by atoms with Crippen LogP contribution in [0.3, 0.4) is 0 Å². The molecular weight excluding hydrogens is 435 g/mol. The Labute approximate surface area is 197 Å². The minimum atomic E-state index is -0.986. The van der Waals surface area contributed by atoms with E-state index in [4.69, 9.17) is 4.74 Å². The van der Waals surface area contributed by atoms with Gasteiger partial charge in [0.25, 0.3) is 0 Å². The van der Waals surface area contributed by atoms with Gasteiger partial charge in [-0.05, 0) is 65.9 Å². The molecule has 6 nitrogen and oxygen atoms in total. The van der Waals surface area contributed by atoms with E-state index in [1.54, 1.807) is 42.5 Å². The van der Waals surface area contributed by atoms with Gasteiger partial charge in [0.2, 0.25) is 5.91 Å². The van der Waals surface area contributed by atoms with Gasteiger partial charge in [-0.15, -0.1) is 0 Å². The van der Waals surface area contributed by atoms with E-state index in [0.29, 0.717) is 13.2 Å². The van der Waals surface area contributed by atoms with Gasteiger partial charge in [0.15, 0.2) is 0 Å². The Balaban J connectivity index is 1.48. The highest BCUT2D eigenvalue weighted by molar-refractivity contribution is 5.88. The monoisotopic (exact) mass is 460 g/mol. The van der Waals surface area contributed by atoms with E-state index in [0.717, 1.165) is 41.7 Å². The fourth-order valence-corrected chi connectivity index (χ4v) is 4.80. The van der Waals surface area contributed by atoms with E-state index in [-0.39, 0.29) is 23.2 Å². The number of carbonyl (C=O) groups excluding carboxylic acids is 1. The molecule has 5 rings (SSSR count). The summed E-state index contributed by atoms with van der Waals surface area (Å²) in [6.45, 7) is 1.19. The molecule has 2 unspecified atom stereocenters. The van der Waals surface area contributed by atoms with Crippen LogP contribution in [-0.2, 0) is 11.2 Å². The maximum absolute atomic E-state index is 14.5. The van der Waals surface area contributed by atoms with Crippen LogP contribution in [0.15, 0.2) is 66.7 Å². The summed E-state index contributed by atoms with van der Waals surface area (Å²) in [4.78, 5) is 27.0. The Hall–Kier alpha value is -3.87. The average molecular weight is 461 g/mol. The molecule has 0 aliphatic carbocycles. The fourth-order valence-electron chi connectivity index (χ4n) is 4.80. The fraction of sp³-hybridized carbons (Fsp3) is 0.259. The summed E-state index contributed by atoms with van der Waals surface area (Å²) in [6.07, 6.45) is 2.39. The number of halogens is 1. The maximum Gasteiger partial charge on any atom is 0.335 e. The summed E-state index contributed by atoms with van der Waals surface area (Å²) in [5, 5.41) is 12.3. The lowest BCUT2D eigenvalue weighted by atomic mass is 9.99. The number of carboxylic acid groups (broad SMARTS) is 1. The largest absolute Gasteiger partial charge is 0.493 e. The van der Waals surface area contributed by atoms with Gasteiger partial charge in [-0.3, -0.25) is 4.79 Å². The number of para-hydroxylation sites is 1. The smallest absolute Gasteiger partial charge is 0.335 e. The standard InChI is InChI=1S/C27H25FN2O4/c28-21-4-1-2-5-22(21)29-25(20-11-12-24-19(16-20)13-15-34-24)26(31)30-14-3-6-23(30)17-7-9-18(10-8-17)27(32)33/h1-2,4-5,7-12,16,23,25,29H,3,6,13-15H2,(H,32,33). The van der Waals surface area contributed by atoms with Crippen LogP contribution < -0.4 is 10.1 Å². The Morgan fingerprint density at radius 1 is 1.09 bits per heavy atom. The van der Waals surface area contributed by atoms with Crippen molar-refractivity contribution in [3.8, 4) is 5.75 Å². The second-order valence-corrected chi connectivity index (χ2v) is 8.64. The normalized spacial score (nSPS) is 17.7. The molecule has 0 aromatic heterocycles. The predicted octanol–water partition coefficient (Wildman–Crippen LogP) is 4.98. The number of benzene rings is 3. The summed E-state index contributed by atoms with van der Waals surface area (Å²) < 4.78 is 20.1. The number of carboxylic acids is 1. The molecule has 1 amide bonds. The van der Waals surface area contributed by atoms with E-state index in [1.807, 2.05) is 23.1 Å². The Bertz CT molecular complexity index is 1230. The van der Waals surface area contributed by atoms with Crippen molar-refractivity contribution >= 4 is 17.6 Å². The van der Waals surface area contributed by atoms with Gasteiger partial charge >= 0.3 is 5.97 Å². The van der Waals surface area contributed by atoms with E-state index in [2.05, 4.69) is 5.32 Å². The SMILES string of the molecule is O=C(O)c1ccc(C2CCCN2C(=O)C(Nc2ccccc2F)c2ccc3c(c2)CCO3)cc1. The Morgan fingerprint density at radius 3 is 2.65 bits per heavy atom. The number of hydrogen-bond donors (Lipinski definition) is 2. The van der Waals surface area contributed by atoms with Crippen molar-refractivity contribution in [2.75, 3.05) is 18.5 Å². The minimum Gasteiger partial charge on any atom is -0.493 e. The molecule has 34 heavy (non-hydrogen) atoms. The van der Waals surface area contributed by atoms with E-state index in [1.165, 1.54) is 6.07 Å². The summed E-state index contributed by atoms with van der Waals surface area (Å²) in [5.74, 6) is -0.738. The zero-order valence-corrected chi connectivity index (χ0v) is 18.5. The molecule has 1 saturated heterocycles. The van der Waals surface area contributed by atoms with Crippen molar-refractivity contribution in [1.29, 1.82) is 0 Å². The van der Waals surface area contributed by atoms with Gasteiger partial charge in [0.1, 0.15) is 17.6 Å². The molecule has 174 valence electrons. The van der Waals surface area contributed by atoms with Gasteiger partial charge in [0.05, 0.1) is 23.9 Å². The topological polar surface area (TPSA) is 78.9 Å². The van der Waals surface area contributed by atoms with E-state index < -0.39 is 17.8 Å². The molecule has 3 aromatic carbocycles. The lowest BCUT2D eigenvalue weighted by Gasteiger charge is -2.30.